The van der Waals surface area contributed by atoms with Crippen LogP contribution in [0.4, 0.5) is 0 Å². The van der Waals surface area contributed by atoms with Gasteiger partial charge in [-0.2, -0.15) is 0 Å². The highest BCUT2D eigenvalue weighted by molar-refractivity contribution is 9.10. The molecule has 3 nitrogen and oxygen atoms in total. The summed E-state index contributed by atoms with van der Waals surface area (Å²) in [6.07, 6.45) is 0.895. The number of nitrogens with zero attached hydrogens (tertiary/aromatic N) is 1. The van der Waals surface area contributed by atoms with Gasteiger partial charge in [0.1, 0.15) is 0 Å². The van der Waals surface area contributed by atoms with E-state index in [2.05, 4.69) is 33.0 Å². The molecule has 1 fully saturated rings. The Hall–Kier alpha value is -0.870. The lowest BCUT2D eigenvalue weighted by molar-refractivity contribution is -0.127. The number of hydrogen-bond donors (Lipinski definition) is 1. The maximum atomic E-state index is 11.0. The van der Waals surface area contributed by atoms with Gasteiger partial charge in [-0.05, 0) is 24.1 Å². The van der Waals surface area contributed by atoms with Crippen molar-refractivity contribution in [3.63, 3.8) is 0 Å². The number of carbonyl (C=O) groups excluding carboxylic acids is 1. The molecule has 1 aromatic rings. The second-order valence-electron chi connectivity index (χ2n) is 3.80. The Morgan fingerprint density at radius 2 is 2.13 bits per heavy atom. The quantitative estimate of drug-likeness (QED) is 0.904. The maximum absolute atomic E-state index is 11.0. The number of primary amides is 1. The summed E-state index contributed by atoms with van der Waals surface area (Å²) in [5.41, 5.74) is 6.49. The Balaban J connectivity index is 1.97. The van der Waals surface area contributed by atoms with Crippen molar-refractivity contribution >= 4 is 21.8 Å². The number of halogens is 1. The second kappa shape index (κ2) is 4.33. The minimum absolute atomic E-state index is 0.0614. The summed E-state index contributed by atoms with van der Waals surface area (Å²) in [5.74, 6) is -0.210. The van der Waals surface area contributed by atoms with Gasteiger partial charge in [-0.3, -0.25) is 9.69 Å². The summed E-state index contributed by atoms with van der Waals surface area (Å²) in [7, 11) is 0. The van der Waals surface area contributed by atoms with Gasteiger partial charge >= 0.3 is 0 Å². The fraction of sp³-hybridized carbons (Fsp3) is 0.364. The molecule has 80 valence electrons. The van der Waals surface area contributed by atoms with E-state index in [1.165, 1.54) is 5.56 Å². The van der Waals surface area contributed by atoms with E-state index in [-0.39, 0.29) is 11.9 Å². The first-order valence-electron chi connectivity index (χ1n) is 4.94. The van der Waals surface area contributed by atoms with Crippen LogP contribution in [0, 0.1) is 0 Å². The van der Waals surface area contributed by atoms with E-state index in [1.54, 1.807) is 0 Å². The van der Waals surface area contributed by atoms with E-state index in [4.69, 9.17) is 5.73 Å². The third-order valence-corrected chi connectivity index (χ3v) is 3.29. The molecule has 2 N–H and O–H groups in total. The van der Waals surface area contributed by atoms with Crippen molar-refractivity contribution in [1.29, 1.82) is 0 Å². The molecule has 0 radical (unpaired) electrons. The first-order chi connectivity index (χ1) is 7.16. The zero-order chi connectivity index (χ0) is 10.8. The summed E-state index contributed by atoms with van der Waals surface area (Å²) in [6, 6.07) is 8.07. The van der Waals surface area contributed by atoms with E-state index in [0.717, 1.165) is 24.0 Å². The average Bonchev–Trinajstić information content (AvgIpc) is 2.14. The first-order valence-corrected chi connectivity index (χ1v) is 5.74. The normalized spacial score (nSPS) is 21.0. The molecule has 1 amide bonds. The molecule has 1 saturated heterocycles. The molecule has 0 aromatic heterocycles. The maximum Gasteiger partial charge on any atom is 0.234 e. The first kappa shape index (κ1) is 10.6. The van der Waals surface area contributed by atoms with Crippen molar-refractivity contribution < 1.29 is 4.79 Å². The van der Waals surface area contributed by atoms with E-state index in [0.29, 0.717) is 0 Å². The second-order valence-corrected chi connectivity index (χ2v) is 4.72. The number of amides is 1. The third kappa shape index (κ3) is 2.38. The Kier molecular flexibility index (Phi) is 3.07. The topological polar surface area (TPSA) is 46.3 Å². The molecule has 1 heterocycles. The van der Waals surface area contributed by atoms with Crippen molar-refractivity contribution in [1.82, 2.24) is 4.90 Å². The lowest BCUT2D eigenvalue weighted by atomic mass is 10.0. The van der Waals surface area contributed by atoms with Crippen molar-refractivity contribution in [3.05, 3.63) is 34.3 Å². The molecule has 1 aromatic carbocycles. The van der Waals surface area contributed by atoms with Gasteiger partial charge < -0.3 is 5.73 Å². The standard InChI is InChI=1S/C11H13BrN2O/c12-9-3-1-8(2-4-9)7-14-6-5-10(14)11(13)15/h1-4,10H,5-7H2,(H2,13,15)/t10-/m0/s1. The van der Waals surface area contributed by atoms with Crippen molar-refractivity contribution in [2.75, 3.05) is 6.54 Å². The number of likely N-dealkylation sites (tertiary alicyclic amines) is 1. The van der Waals surface area contributed by atoms with Gasteiger partial charge in [0.05, 0.1) is 6.04 Å². The Morgan fingerprint density at radius 3 is 2.60 bits per heavy atom. The van der Waals surface area contributed by atoms with Crippen molar-refractivity contribution in [3.8, 4) is 0 Å². The zero-order valence-corrected chi connectivity index (χ0v) is 9.90. The Bertz CT molecular complexity index is 363. The summed E-state index contributed by atoms with van der Waals surface area (Å²) in [6.45, 7) is 1.77. The number of benzene rings is 1. The zero-order valence-electron chi connectivity index (χ0n) is 8.32. The molecule has 1 aliphatic rings. The van der Waals surface area contributed by atoms with Crippen LogP contribution >= 0.6 is 15.9 Å². The van der Waals surface area contributed by atoms with Gasteiger partial charge in [0, 0.05) is 17.6 Å². The predicted molar refractivity (Wildman–Crippen MR) is 62.2 cm³/mol. The molecule has 15 heavy (non-hydrogen) atoms. The van der Waals surface area contributed by atoms with Crippen LogP contribution in [0.3, 0.4) is 0 Å². The Labute approximate surface area is 97.4 Å². The molecule has 0 spiro atoms. The minimum atomic E-state index is -0.210. The monoisotopic (exact) mass is 268 g/mol. The lowest BCUT2D eigenvalue weighted by Crippen LogP contribution is -2.54. The molecule has 1 atom stereocenters. The van der Waals surface area contributed by atoms with Crippen molar-refractivity contribution in [2.45, 2.75) is 19.0 Å². The smallest absolute Gasteiger partial charge is 0.234 e. The Morgan fingerprint density at radius 1 is 1.47 bits per heavy atom. The number of carbonyl (C=O) groups is 1. The van der Waals surface area contributed by atoms with Crippen molar-refractivity contribution in [2.24, 2.45) is 5.73 Å². The average molecular weight is 269 g/mol. The highest BCUT2D eigenvalue weighted by Gasteiger charge is 2.31. The van der Waals surface area contributed by atoms with Crippen LogP contribution in [0.2, 0.25) is 0 Å². The van der Waals surface area contributed by atoms with Gasteiger partial charge in [0.15, 0.2) is 0 Å². The summed E-state index contributed by atoms with van der Waals surface area (Å²) in [4.78, 5) is 13.1. The van der Waals surface area contributed by atoms with Gasteiger partial charge in [-0.25, -0.2) is 0 Å². The molecule has 0 bridgehead atoms. The number of rotatable bonds is 3. The highest BCUT2D eigenvalue weighted by atomic mass is 79.9. The molecule has 4 heteroatoms. The van der Waals surface area contributed by atoms with E-state index in [9.17, 15) is 4.79 Å². The molecular weight excluding hydrogens is 256 g/mol. The molecule has 2 rings (SSSR count). The van der Waals surface area contributed by atoms with Gasteiger partial charge in [-0.15, -0.1) is 0 Å². The molecule has 0 saturated carbocycles. The van der Waals surface area contributed by atoms with Crippen LogP contribution < -0.4 is 5.73 Å². The number of nitrogens with two attached hydrogens (primary N) is 1. The van der Waals surface area contributed by atoms with E-state index < -0.39 is 0 Å². The molecular formula is C11H13BrN2O. The molecule has 0 unspecified atom stereocenters. The van der Waals surface area contributed by atoms with Crippen LogP contribution in [0.15, 0.2) is 28.7 Å². The van der Waals surface area contributed by atoms with E-state index in [1.807, 2.05) is 12.1 Å². The molecule has 0 aliphatic carbocycles. The summed E-state index contributed by atoms with van der Waals surface area (Å²) in [5, 5.41) is 0. The van der Waals surface area contributed by atoms with E-state index >= 15 is 0 Å². The van der Waals surface area contributed by atoms with Crippen LogP contribution in [0.25, 0.3) is 0 Å². The highest BCUT2D eigenvalue weighted by Crippen LogP contribution is 2.20. The minimum Gasteiger partial charge on any atom is -0.368 e. The van der Waals surface area contributed by atoms with Crippen LogP contribution in [0.5, 0.6) is 0 Å². The predicted octanol–water partition coefficient (Wildman–Crippen LogP) is 1.51. The summed E-state index contributed by atoms with van der Waals surface area (Å²) < 4.78 is 1.07. The fourth-order valence-corrected chi connectivity index (χ4v) is 2.04. The van der Waals surface area contributed by atoms with Crippen LogP contribution in [0.1, 0.15) is 12.0 Å². The number of hydrogen-bond acceptors (Lipinski definition) is 2. The third-order valence-electron chi connectivity index (χ3n) is 2.76. The van der Waals surface area contributed by atoms with Crippen LogP contribution in [-0.2, 0) is 11.3 Å². The van der Waals surface area contributed by atoms with Gasteiger partial charge in [0.25, 0.3) is 0 Å². The fourth-order valence-electron chi connectivity index (χ4n) is 1.78. The van der Waals surface area contributed by atoms with Gasteiger partial charge in [-0.1, -0.05) is 28.1 Å². The largest absolute Gasteiger partial charge is 0.368 e. The SMILES string of the molecule is NC(=O)[C@@H]1CCN1Cc1ccc(Br)cc1. The summed E-state index contributed by atoms with van der Waals surface area (Å²) >= 11 is 3.39. The molecule has 1 aliphatic heterocycles. The lowest BCUT2D eigenvalue weighted by Gasteiger charge is -2.38. The van der Waals surface area contributed by atoms with Crippen LogP contribution in [-0.4, -0.2) is 23.4 Å². The van der Waals surface area contributed by atoms with Gasteiger partial charge in [0.2, 0.25) is 5.91 Å².